The van der Waals surface area contributed by atoms with Crippen molar-refractivity contribution in [2.24, 2.45) is 0 Å². The second-order valence-electron chi connectivity index (χ2n) is 4.41. The maximum atomic E-state index is 13.1. The second-order valence-corrected chi connectivity index (χ2v) is 4.41. The van der Waals surface area contributed by atoms with E-state index < -0.39 is 6.43 Å². The molecule has 0 amide bonds. The summed E-state index contributed by atoms with van der Waals surface area (Å²) in [4.78, 5) is 0. The van der Waals surface area contributed by atoms with Gasteiger partial charge in [-0.25, -0.2) is 8.78 Å². The predicted molar refractivity (Wildman–Crippen MR) is 74.3 cm³/mol. The molecule has 0 aromatic heterocycles. The van der Waals surface area contributed by atoms with Crippen molar-refractivity contribution >= 4 is 10.8 Å². The quantitative estimate of drug-likeness (QED) is 0.571. The van der Waals surface area contributed by atoms with E-state index in [0.717, 1.165) is 16.3 Å². The van der Waals surface area contributed by atoms with E-state index in [-0.39, 0.29) is 5.56 Å². The fraction of sp³-hybridized carbons (Fsp3) is 0.0588. The smallest absolute Gasteiger partial charge is 0.205 e. The highest BCUT2D eigenvalue weighted by Gasteiger charge is 2.14. The number of alkyl halides is 2. The lowest BCUT2D eigenvalue weighted by Crippen LogP contribution is -1.90. The highest BCUT2D eigenvalue weighted by Crippen LogP contribution is 2.34. The summed E-state index contributed by atoms with van der Waals surface area (Å²) in [5.41, 5.74) is 1.54. The van der Waals surface area contributed by atoms with E-state index >= 15 is 0 Å². The number of hydrogen-bond acceptors (Lipinski definition) is 0. The van der Waals surface area contributed by atoms with Gasteiger partial charge in [0, 0.05) is 5.56 Å². The molecule has 0 spiro atoms. The van der Waals surface area contributed by atoms with Crippen LogP contribution in [0.25, 0.3) is 21.9 Å². The molecule has 0 aliphatic rings. The van der Waals surface area contributed by atoms with Gasteiger partial charge in [0.1, 0.15) is 0 Å². The Labute approximate surface area is 110 Å². The van der Waals surface area contributed by atoms with E-state index in [1.165, 1.54) is 6.07 Å². The molecule has 94 valence electrons. The zero-order chi connectivity index (χ0) is 13.2. The van der Waals surface area contributed by atoms with E-state index in [9.17, 15) is 8.78 Å². The van der Waals surface area contributed by atoms with Crippen LogP contribution in [0.15, 0.2) is 66.7 Å². The first-order chi connectivity index (χ1) is 9.27. The monoisotopic (exact) mass is 254 g/mol. The lowest BCUT2D eigenvalue weighted by Gasteiger charge is -2.11. The van der Waals surface area contributed by atoms with Gasteiger partial charge in [0.2, 0.25) is 0 Å². The van der Waals surface area contributed by atoms with Gasteiger partial charge >= 0.3 is 0 Å². The van der Waals surface area contributed by atoms with Crippen LogP contribution < -0.4 is 0 Å². The van der Waals surface area contributed by atoms with Crippen molar-refractivity contribution < 1.29 is 8.78 Å². The van der Waals surface area contributed by atoms with Crippen molar-refractivity contribution in [1.29, 1.82) is 0 Å². The Morgan fingerprint density at radius 2 is 1.26 bits per heavy atom. The second kappa shape index (κ2) is 4.81. The average Bonchev–Trinajstić information content (AvgIpc) is 2.46. The largest absolute Gasteiger partial charge is 0.264 e. The molecular weight excluding hydrogens is 242 g/mol. The first-order valence-corrected chi connectivity index (χ1v) is 6.12. The zero-order valence-corrected chi connectivity index (χ0v) is 10.2. The molecule has 0 fully saturated rings. The van der Waals surface area contributed by atoms with Crippen LogP contribution in [-0.2, 0) is 0 Å². The highest BCUT2D eigenvalue weighted by molar-refractivity contribution is 5.97. The van der Waals surface area contributed by atoms with Crippen LogP contribution in [0.1, 0.15) is 12.0 Å². The molecule has 0 bridgehead atoms. The Morgan fingerprint density at radius 1 is 0.632 bits per heavy atom. The van der Waals surface area contributed by atoms with Crippen molar-refractivity contribution in [3.05, 3.63) is 72.3 Å². The minimum atomic E-state index is -2.46. The van der Waals surface area contributed by atoms with E-state index in [2.05, 4.69) is 0 Å². The van der Waals surface area contributed by atoms with Crippen LogP contribution in [-0.4, -0.2) is 0 Å². The molecule has 0 atom stereocenters. The molecular formula is C17H12F2. The molecule has 0 aliphatic carbocycles. The van der Waals surface area contributed by atoms with Crippen molar-refractivity contribution in [1.82, 2.24) is 0 Å². The molecule has 2 heteroatoms. The van der Waals surface area contributed by atoms with E-state index in [0.29, 0.717) is 5.56 Å². The SMILES string of the molecule is FC(F)c1ccccc1-c1cccc2ccccc12. The molecule has 0 N–H and O–H groups in total. The summed E-state index contributed by atoms with van der Waals surface area (Å²) in [6.45, 7) is 0. The third kappa shape index (κ3) is 2.10. The molecule has 3 rings (SSSR count). The molecule has 0 saturated carbocycles. The van der Waals surface area contributed by atoms with Crippen molar-refractivity contribution in [2.75, 3.05) is 0 Å². The van der Waals surface area contributed by atoms with Gasteiger partial charge in [-0.3, -0.25) is 0 Å². The van der Waals surface area contributed by atoms with Crippen LogP contribution >= 0.6 is 0 Å². The van der Waals surface area contributed by atoms with Crippen molar-refractivity contribution in [3.63, 3.8) is 0 Å². The van der Waals surface area contributed by atoms with Crippen LogP contribution in [0.4, 0.5) is 8.78 Å². The fourth-order valence-electron chi connectivity index (χ4n) is 2.39. The van der Waals surface area contributed by atoms with Crippen LogP contribution in [0.5, 0.6) is 0 Å². The minimum Gasteiger partial charge on any atom is -0.205 e. The summed E-state index contributed by atoms with van der Waals surface area (Å²) in [5.74, 6) is 0. The normalized spacial score (nSPS) is 11.1. The molecule has 0 aliphatic heterocycles. The van der Waals surface area contributed by atoms with E-state index in [4.69, 9.17) is 0 Å². The lowest BCUT2D eigenvalue weighted by atomic mass is 9.95. The number of rotatable bonds is 2. The van der Waals surface area contributed by atoms with Crippen molar-refractivity contribution in [3.8, 4) is 11.1 Å². The molecule has 19 heavy (non-hydrogen) atoms. The third-order valence-electron chi connectivity index (χ3n) is 3.28. The lowest BCUT2D eigenvalue weighted by molar-refractivity contribution is 0.152. The molecule has 0 heterocycles. The van der Waals surface area contributed by atoms with Gasteiger partial charge in [0.15, 0.2) is 0 Å². The van der Waals surface area contributed by atoms with Gasteiger partial charge in [-0.1, -0.05) is 66.7 Å². The summed E-state index contributed by atoms with van der Waals surface area (Å²) < 4.78 is 26.2. The maximum Gasteiger partial charge on any atom is 0.264 e. The van der Waals surface area contributed by atoms with Gasteiger partial charge < -0.3 is 0 Å². The standard InChI is InChI=1S/C17H12F2/c18-17(19)16-10-4-3-9-15(16)14-11-5-7-12-6-1-2-8-13(12)14/h1-11,17H. The zero-order valence-electron chi connectivity index (χ0n) is 10.2. The summed E-state index contributed by atoms with van der Waals surface area (Å²) in [6, 6.07) is 20.3. The Kier molecular flexibility index (Phi) is 3.00. The number of halogens is 2. The van der Waals surface area contributed by atoms with Crippen LogP contribution in [0.2, 0.25) is 0 Å². The Morgan fingerprint density at radius 3 is 2.11 bits per heavy atom. The molecule has 0 radical (unpaired) electrons. The summed E-state index contributed by atoms with van der Waals surface area (Å²) in [5, 5.41) is 2.06. The topological polar surface area (TPSA) is 0 Å². The molecule has 0 unspecified atom stereocenters. The fourth-order valence-corrected chi connectivity index (χ4v) is 2.39. The molecule has 0 saturated heterocycles. The van der Waals surface area contributed by atoms with E-state index in [1.54, 1.807) is 18.2 Å². The average molecular weight is 254 g/mol. The number of hydrogen-bond donors (Lipinski definition) is 0. The maximum absolute atomic E-state index is 13.1. The van der Waals surface area contributed by atoms with Crippen LogP contribution in [0.3, 0.4) is 0 Å². The molecule has 3 aromatic carbocycles. The highest BCUT2D eigenvalue weighted by atomic mass is 19.3. The number of fused-ring (bicyclic) bond motifs is 1. The van der Waals surface area contributed by atoms with Crippen molar-refractivity contribution in [2.45, 2.75) is 6.43 Å². The van der Waals surface area contributed by atoms with Gasteiger partial charge in [-0.15, -0.1) is 0 Å². The van der Waals surface area contributed by atoms with E-state index in [1.807, 2.05) is 42.5 Å². The molecule has 3 aromatic rings. The number of benzene rings is 3. The summed E-state index contributed by atoms with van der Waals surface area (Å²) in [6.07, 6.45) is -2.46. The first kappa shape index (κ1) is 11.8. The van der Waals surface area contributed by atoms with Gasteiger partial charge in [-0.05, 0) is 21.9 Å². The summed E-state index contributed by atoms with van der Waals surface area (Å²) in [7, 11) is 0. The summed E-state index contributed by atoms with van der Waals surface area (Å²) >= 11 is 0. The van der Waals surface area contributed by atoms with Gasteiger partial charge in [0.05, 0.1) is 0 Å². The Hall–Kier alpha value is -2.22. The van der Waals surface area contributed by atoms with Gasteiger partial charge in [-0.2, -0.15) is 0 Å². The van der Waals surface area contributed by atoms with Crippen LogP contribution in [0, 0.1) is 0 Å². The third-order valence-corrected chi connectivity index (χ3v) is 3.28. The molecule has 0 nitrogen and oxygen atoms in total. The Bertz CT molecular complexity index is 712. The minimum absolute atomic E-state index is 0.0823. The van der Waals surface area contributed by atoms with Gasteiger partial charge in [0.25, 0.3) is 6.43 Å². The Balaban J connectivity index is 2.31. The first-order valence-electron chi connectivity index (χ1n) is 6.12. The predicted octanol–water partition coefficient (Wildman–Crippen LogP) is 5.44.